The number of carbonyl (C=O) groups excluding carboxylic acids is 1. The van der Waals surface area contributed by atoms with Gasteiger partial charge in [-0.25, -0.2) is 4.98 Å². The average molecular weight is 576 g/mol. The molecule has 194 valence electrons. The van der Waals surface area contributed by atoms with Gasteiger partial charge in [0.15, 0.2) is 0 Å². The number of thioether (sulfide) groups is 1. The third kappa shape index (κ3) is 5.12. The van der Waals surface area contributed by atoms with Crippen LogP contribution in [0.4, 0.5) is 11.4 Å². The summed E-state index contributed by atoms with van der Waals surface area (Å²) in [4.78, 5) is 22.6. The van der Waals surface area contributed by atoms with E-state index in [4.69, 9.17) is 16.6 Å². The van der Waals surface area contributed by atoms with Crippen LogP contribution in [0.5, 0.6) is 0 Å². The monoisotopic (exact) mass is 575 g/mol. The van der Waals surface area contributed by atoms with Crippen LogP contribution >= 0.6 is 35.1 Å². The molecule has 4 nitrogen and oxygen atoms in total. The Morgan fingerprint density at radius 3 is 2.12 bits per heavy atom. The number of amides is 1. The van der Waals surface area contributed by atoms with Crippen molar-refractivity contribution in [1.29, 1.82) is 5.26 Å². The first-order valence-electron chi connectivity index (χ1n) is 12.6. The lowest BCUT2D eigenvalue weighted by Gasteiger charge is -2.31. The average Bonchev–Trinajstić information content (AvgIpc) is 2.99. The lowest BCUT2D eigenvalue weighted by atomic mass is 9.98. The molecule has 1 amide bonds. The Labute approximate surface area is 246 Å². The van der Waals surface area contributed by atoms with Gasteiger partial charge in [0, 0.05) is 25.9 Å². The second kappa shape index (κ2) is 11.2. The van der Waals surface area contributed by atoms with Crippen molar-refractivity contribution in [1.82, 2.24) is 4.98 Å². The van der Waals surface area contributed by atoms with E-state index in [1.54, 1.807) is 16.7 Å². The predicted molar refractivity (Wildman–Crippen MR) is 164 cm³/mol. The smallest absolute Gasteiger partial charge is 0.242 e. The third-order valence-corrected chi connectivity index (χ3v) is 8.96. The first-order valence-corrected chi connectivity index (χ1v) is 14.8. The summed E-state index contributed by atoms with van der Waals surface area (Å²) in [5.41, 5.74) is 6.61. The molecule has 0 spiro atoms. The molecule has 7 heteroatoms. The van der Waals surface area contributed by atoms with E-state index in [-0.39, 0.29) is 11.7 Å². The van der Waals surface area contributed by atoms with Crippen LogP contribution in [0.3, 0.4) is 0 Å². The van der Waals surface area contributed by atoms with Gasteiger partial charge < -0.3 is 0 Å². The fourth-order valence-electron chi connectivity index (χ4n) is 4.63. The maximum absolute atomic E-state index is 13.9. The Balaban J connectivity index is 1.40. The van der Waals surface area contributed by atoms with Crippen molar-refractivity contribution in [3.63, 3.8) is 0 Å². The quantitative estimate of drug-likeness (QED) is 0.195. The SMILES string of the molecule is Cc1ccc(-c2cc(-c3ccc(Cl)cc3)nc(SCC(=O)N3c4ccccc4Sc4ccccc43)c2C#N)cc1. The Bertz CT molecular complexity index is 1730. The van der Waals surface area contributed by atoms with Gasteiger partial charge in [0.25, 0.3) is 0 Å². The third-order valence-electron chi connectivity index (χ3n) is 6.61. The number of fused-ring (bicyclic) bond motifs is 2. The zero-order valence-electron chi connectivity index (χ0n) is 21.5. The van der Waals surface area contributed by atoms with Crippen molar-refractivity contribution in [2.24, 2.45) is 0 Å². The molecule has 1 aliphatic rings. The molecule has 1 aromatic heterocycles. The van der Waals surface area contributed by atoms with Crippen LogP contribution in [0, 0.1) is 18.3 Å². The Kier molecular flexibility index (Phi) is 7.36. The highest BCUT2D eigenvalue weighted by atomic mass is 35.5. The molecule has 0 saturated heterocycles. The van der Waals surface area contributed by atoms with Crippen molar-refractivity contribution in [3.05, 3.63) is 119 Å². The van der Waals surface area contributed by atoms with Gasteiger partial charge in [0.1, 0.15) is 11.1 Å². The summed E-state index contributed by atoms with van der Waals surface area (Å²) >= 11 is 9.09. The molecule has 40 heavy (non-hydrogen) atoms. The number of nitriles is 1. The number of carbonyl (C=O) groups is 1. The summed E-state index contributed by atoms with van der Waals surface area (Å²) < 4.78 is 0. The molecule has 0 radical (unpaired) electrons. The summed E-state index contributed by atoms with van der Waals surface area (Å²) in [6.07, 6.45) is 0. The van der Waals surface area contributed by atoms with Crippen molar-refractivity contribution in [2.45, 2.75) is 21.7 Å². The molecular weight excluding hydrogens is 554 g/mol. The summed E-state index contributed by atoms with van der Waals surface area (Å²) in [5.74, 6) is 0.0385. The number of rotatable bonds is 5. The summed E-state index contributed by atoms with van der Waals surface area (Å²) in [6.45, 7) is 2.03. The van der Waals surface area contributed by atoms with Gasteiger partial charge in [-0.3, -0.25) is 9.69 Å². The first-order chi connectivity index (χ1) is 19.5. The molecule has 0 fully saturated rings. The van der Waals surface area contributed by atoms with Gasteiger partial charge >= 0.3 is 0 Å². The van der Waals surface area contributed by atoms with E-state index in [1.807, 2.05) is 110 Å². The van der Waals surface area contributed by atoms with E-state index in [0.717, 1.165) is 43.4 Å². The maximum atomic E-state index is 13.9. The minimum atomic E-state index is -0.0790. The number of pyridine rings is 1. The number of anilines is 2. The normalized spacial score (nSPS) is 11.9. The molecule has 0 saturated carbocycles. The Morgan fingerprint density at radius 1 is 0.900 bits per heavy atom. The highest BCUT2D eigenvalue weighted by molar-refractivity contribution is 8.00. The lowest BCUT2D eigenvalue weighted by Crippen LogP contribution is -2.30. The first kappa shape index (κ1) is 26.2. The van der Waals surface area contributed by atoms with Crippen molar-refractivity contribution < 1.29 is 4.79 Å². The zero-order valence-corrected chi connectivity index (χ0v) is 23.9. The van der Waals surface area contributed by atoms with E-state index < -0.39 is 0 Å². The summed E-state index contributed by atoms with van der Waals surface area (Å²) in [6, 6.07) is 35.7. The minimum Gasteiger partial charge on any atom is -0.278 e. The van der Waals surface area contributed by atoms with Gasteiger partial charge in [-0.15, -0.1) is 0 Å². The molecule has 0 bridgehead atoms. The molecule has 0 unspecified atom stereocenters. The van der Waals surface area contributed by atoms with Gasteiger partial charge in [-0.2, -0.15) is 5.26 Å². The van der Waals surface area contributed by atoms with E-state index in [1.165, 1.54) is 11.8 Å². The number of nitrogens with zero attached hydrogens (tertiary/aromatic N) is 3. The van der Waals surface area contributed by atoms with Crippen LogP contribution in [-0.4, -0.2) is 16.6 Å². The van der Waals surface area contributed by atoms with Crippen LogP contribution in [0.2, 0.25) is 5.02 Å². The fraction of sp³-hybridized carbons (Fsp3) is 0.0606. The molecular formula is C33H22ClN3OS2. The molecule has 0 aliphatic carbocycles. The van der Waals surface area contributed by atoms with Gasteiger partial charge in [0.2, 0.25) is 5.91 Å². The predicted octanol–water partition coefficient (Wildman–Crippen LogP) is 9.17. The standard InChI is InChI=1S/C33H22ClN3OS2/c1-21-10-12-22(13-11-21)25-18-27(23-14-16-24(34)17-15-23)36-33(26(25)19-35)39-20-32(38)37-28-6-2-4-8-30(28)40-31-9-5-3-7-29(31)37/h2-18H,20H2,1H3. The van der Waals surface area contributed by atoms with Gasteiger partial charge in [-0.05, 0) is 55.0 Å². The molecule has 0 atom stereocenters. The Hall–Kier alpha value is -4.02. The number of para-hydroxylation sites is 2. The van der Waals surface area contributed by atoms with Crippen LogP contribution < -0.4 is 4.90 Å². The zero-order chi connectivity index (χ0) is 27.6. The number of halogens is 1. The molecule has 5 aromatic rings. The number of aryl methyl sites for hydroxylation is 1. The topological polar surface area (TPSA) is 57.0 Å². The number of hydrogen-bond acceptors (Lipinski definition) is 5. The highest BCUT2D eigenvalue weighted by Gasteiger charge is 2.28. The van der Waals surface area contributed by atoms with Crippen molar-refractivity contribution in [2.75, 3.05) is 10.7 Å². The fourth-order valence-corrected chi connectivity index (χ4v) is 6.67. The second-order valence-corrected chi connectivity index (χ2v) is 11.8. The lowest BCUT2D eigenvalue weighted by molar-refractivity contribution is -0.115. The van der Waals surface area contributed by atoms with Crippen LogP contribution in [0.15, 0.2) is 118 Å². The van der Waals surface area contributed by atoms with Gasteiger partial charge in [-0.1, -0.05) is 101 Å². The minimum absolute atomic E-state index is 0.0790. The molecule has 6 rings (SSSR count). The van der Waals surface area contributed by atoms with E-state index >= 15 is 0 Å². The highest BCUT2D eigenvalue weighted by Crippen LogP contribution is 2.48. The van der Waals surface area contributed by atoms with Crippen molar-refractivity contribution in [3.8, 4) is 28.5 Å². The molecule has 0 N–H and O–H groups in total. The van der Waals surface area contributed by atoms with E-state index in [9.17, 15) is 10.1 Å². The van der Waals surface area contributed by atoms with Crippen LogP contribution in [-0.2, 0) is 4.79 Å². The molecule has 1 aliphatic heterocycles. The Morgan fingerprint density at radius 2 is 1.50 bits per heavy atom. The van der Waals surface area contributed by atoms with Crippen molar-refractivity contribution >= 4 is 52.4 Å². The summed E-state index contributed by atoms with van der Waals surface area (Å²) in [5, 5.41) is 11.4. The van der Waals surface area contributed by atoms with E-state index in [0.29, 0.717) is 21.3 Å². The van der Waals surface area contributed by atoms with Gasteiger partial charge in [0.05, 0.1) is 28.4 Å². The number of aromatic nitrogens is 1. The second-order valence-electron chi connectivity index (χ2n) is 9.28. The largest absolute Gasteiger partial charge is 0.278 e. The van der Waals surface area contributed by atoms with E-state index in [2.05, 4.69) is 6.07 Å². The number of benzene rings is 4. The van der Waals surface area contributed by atoms with Crippen LogP contribution in [0.1, 0.15) is 11.1 Å². The summed E-state index contributed by atoms with van der Waals surface area (Å²) in [7, 11) is 0. The maximum Gasteiger partial charge on any atom is 0.242 e. The van der Waals surface area contributed by atoms with Crippen LogP contribution in [0.25, 0.3) is 22.4 Å². The molecule has 2 heterocycles. The number of hydrogen-bond donors (Lipinski definition) is 0. The molecule has 4 aromatic carbocycles.